The number of ether oxygens (including phenoxy) is 1. The van der Waals surface area contributed by atoms with Crippen molar-refractivity contribution < 1.29 is 31.5 Å². The zero-order valence-electron chi connectivity index (χ0n) is 18.6. The van der Waals surface area contributed by atoms with E-state index in [2.05, 4.69) is 5.10 Å². The lowest BCUT2D eigenvalue weighted by molar-refractivity contribution is -0.174. The fourth-order valence-electron chi connectivity index (χ4n) is 3.78. The minimum atomic E-state index is -5.06. The second-order valence-electron chi connectivity index (χ2n) is 8.05. The van der Waals surface area contributed by atoms with Gasteiger partial charge in [-0.3, -0.25) is 4.79 Å². The van der Waals surface area contributed by atoms with E-state index in [1.54, 1.807) is 48.1 Å². The molecule has 0 aliphatic rings. The van der Waals surface area contributed by atoms with Crippen LogP contribution in [0.2, 0.25) is 0 Å². The Bertz CT molecular complexity index is 1370. The molecule has 35 heavy (non-hydrogen) atoms. The fraction of sp³-hybridized carbons (Fsp3) is 0.200. The molecule has 0 saturated heterocycles. The summed E-state index contributed by atoms with van der Waals surface area (Å²) in [5.41, 5.74) is 2.20. The number of carbonyl (C=O) groups excluding carboxylic acids is 1. The van der Waals surface area contributed by atoms with Gasteiger partial charge in [0.2, 0.25) is 0 Å². The lowest BCUT2D eigenvalue weighted by atomic mass is 9.98. The fourth-order valence-corrected chi connectivity index (χ4v) is 3.78. The van der Waals surface area contributed by atoms with Crippen LogP contribution in [0.4, 0.5) is 22.0 Å². The largest absolute Gasteiger partial charge is 0.484 e. The van der Waals surface area contributed by atoms with Gasteiger partial charge in [0.1, 0.15) is 23.5 Å². The van der Waals surface area contributed by atoms with E-state index in [0.717, 1.165) is 0 Å². The molecular weight excluding hydrogens is 469 g/mol. The predicted octanol–water partition coefficient (Wildman–Crippen LogP) is 5.80. The number of rotatable bonds is 6. The van der Waals surface area contributed by atoms with Crippen molar-refractivity contribution in [3.05, 3.63) is 89.6 Å². The molecule has 0 fully saturated rings. The quantitative estimate of drug-likeness (QED) is 0.349. The van der Waals surface area contributed by atoms with Crippen LogP contribution in [0.3, 0.4) is 0 Å². The third kappa shape index (κ3) is 5.26. The number of alkyl halides is 3. The molecule has 0 bridgehead atoms. The van der Waals surface area contributed by atoms with Crippen LogP contribution >= 0.6 is 0 Å². The molecule has 3 aromatic carbocycles. The van der Waals surface area contributed by atoms with Crippen molar-refractivity contribution in [2.24, 2.45) is 0 Å². The molecule has 0 aliphatic heterocycles. The van der Waals surface area contributed by atoms with E-state index in [-0.39, 0.29) is 5.82 Å². The molecule has 4 rings (SSSR count). The summed E-state index contributed by atoms with van der Waals surface area (Å²) in [6.45, 7) is 2.98. The SMILES string of the molecule is Cc1cc(F)ccc1[C@H](Oc1ccc2c(cnn2-c2ccc(F)cc2)c1)[C@H](C)NC(=O)C(F)(F)F. The van der Waals surface area contributed by atoms with Gasteiger partial charge < -0.3 is 10.1 Å². The average molecular weight is 489 g/mol. The molecule has 10 heteroatoms. The van der Waals surface area contributed by atoms with Crippen LogP contribution in [0.15, 0.2) is 66.9 Å². The summed E-state index contributed by atoms with van der Waals surface area (Å²) in [6.07, 6.45) is -4.55. The van der Waals surface area contributed by atoms with Crippen LogP contribution < -0.4 is 10.1 Å². The van der Waals surface area contributed by atoms with Gasteiger partial charge in [-0.15, -0.1) is 0 Å². The number of carbonyl (C=O) groups is 1. The standard InChI is InChI=1S/C25H20F5N3O2/c1-14-11-18(27)5-9-21(14)23(15(2)32-24(34)25(28,29)30)35-20-8-10-22-16(12-20)13-31-33(22)19-6-3-17(26)4-7-19/h3-13,15,23H,1-2H3,(H,32,34)/t15-,23+/m0/s1. The molecule has 1 heterocycles. The van der Waals surface area contributed by atoms with E-state index in [1.165, 1.54) is 37.3 Å². The second-order valence-corrected chi connectivity index (χ2v) is 8.05. The number of aryl methyl sites for hydroxylation is 1. The normalized spacial score (nSPS) is 13.5. The van der Waals surface area contributed by atoms with Crippen LogP contribution in [-0.4, -0.2) is 27.9 Å². The number of hydrogen-bond acceptors (Lipinski definition) is 3. The van der Waals surface area contributed by atoms with Gasteiger partial charge in [0.15, 0.2) is 0 Å². The number of aromatic nitrogens is 2. The van der Waals surface area contributed by atoms with Crippen molar-refractivity contribution in [1.82, 2.24) is 15.1 Å². The first-order valence-electron chi connectivity index (χ1n) is 10.6. The molecule has 0 saturated carbocycles. The van der Waals surface area contributed by atoms with Gasteiger partial charge in [-0.1, -0.05) is 6.07 Å². The van der Waals surface area contributed by atoms with Gasteiger partial charge in [0.05, 0.1) is 23.4 Å². The van der Waals surface area contributed by atoms with Crippen molar-refractivity contribution in [2.75, 3.05) is 0 Å². The number of halogens is 5. The first-order chi connectivity index (χ1) is 16.5. The average Bonchev–Trinajstić information content (AvgIpc) is 3.21. The van der Waals surface area contributed by atoms with Crippen LogP contribution in [0.5, 0.6) is 5.75 Å². The van der Waals surface area contributed by atoms with Gasteiger partial charge >= 0.3 is 12.1 Å². The highest BCUT2D eigenvalue weighted by Crippen LogP contribution is 2.31. The molecule has 0 unspecified atom stereocenters. The molecule has 5 nitrogen and oxygen atoms in total. The first-order valence-corrected chi connectivity index (χ1v) is 10.6. The van der Waals surface area contributed by atoms with Crippen molar-refractivity contribution in [2.45, 2.75) is 32.2 Å². The Labute approximate surface area is 197 Å². The molecule has 0 radical (unpaired) electrons. The number of amides is 1. The molecular formula is C25H20F5N3O2. The molecule has 182 valence electrons. The zero-order chi connectivity index (χ0) is 25.3. The zero-order valence-corrected chi connectivity index (χ0v) is 18.6. The Morgan fingerprint density at radius 3 is 2.34 bits per heavy atom. The highest BCUT2D eigenvalue weighted by atomic mass is 19.4. The van der Waals surface area contributed by atoms with Gasteiger partial charge in [-0.2, -0.15) is 18.3 Å². The van der Waals surface area contributed by atoms with Crippen LogP contribution in [-0.2, 0) is 4.79 Å². The number of nitrogens with zero attached hydrogens (tertiary/aromatic N) is 2. The highest BCUT2D eigenvalue weighted by molar-refractivity contribution is 5.82. The Morgan fingerprint density at radius 1 is 1.00 bits per heavy atom. The molecule has 1 N–H and O–H groups in total. The summed E-state index contributed by atoms with van der Waals surface area (Å²) in [4.78, 5) is 11.5. The van der Waals surface area contributed by atoms with E-state index < -0.39 is 30.0 Å². The third-order valence-corrected chi connectivity index (χ3v) is 5.48. The summed E-state index contributed by atoms with van der Waals surface area (Å²) in [5.74, 6) is -2.69. The topological polar surface area (TPSA) is 56.1 Å². The molecule has 2 atom stereocenters. The lowest BCUT2D eigenvalue weighted by Crippen LogP contribution is -2.45. The number of hydrogen-bond donors (Lipinski definition) is 1. The molecule has 1 amide bonds. The van der Waals surface area contributed by atoms with Crippen molar-refractivity contribution in [3.63, 3.8) is 0 Å². The monoisotopic (exact) mass is 489 g/mol. The maximum absolute atomic E-state index is 13.7. The van der Waals surface area contributed by atoms with Gasteiger partial charge in [0, 0.05) is 5.39 Å². The smallest absolute Gasteiger partial charge is 0.471 e. The van der Waals surface area contributed by atoms with Crippen LogP contribution in [0, 0.1) is 18.6 Å². The second kappa shape index (κ2) is 9.36. The van der Waals surface area contributed by atoms with Crippen molar-refractivity contribution in [3.8, 4) is 11.4 Å². The predicted molar refractivity (Wildman–Crippen MR) is 119 cm³/mol. The number of nitrogens with one attached hydrogen (secondary N) is 1. The molecule has 0 aliphatic carbocycles. The Kier molecular flexibility index (Phi) is 6.47. The molecule has 0 spiro atoms. The number of fused-ring (bicyclic) bond motifs is 1. The van der Waals surface area contributed by atoms with Crippen LogP contribution in [0.1, 0.15) is 24.2 Å². The first kappa shape index (κ1) is 24.2. The van der Waals surface area contributed by atoms with Gasteiger partial charge in [-0.05, 0) is 79.6 Å². The van der Waals surface area contributed by atoms with Gasteiger partial charge in [-0.25, -0.2) is 13.5 Å². The summed E-state index contributed by atoms with van der Waals surface area (Å²) in [7, 11) is 0. The lowest BCUT2D eigenvalue weighted by Gasteiger charge is -2.28. The Morgan fingerprint density at radius 2 is 1.69 bits per heavy atom. The van der Waals surface area contributed by atoms with Gasteiger partial charge in [0.25, 0.3) is 0 Å². The minimum absolute atomic E-state index is 0.304. The molecule has 4 aromatic rings. The van der Waals surface area contributed by atoms with Crippen molar-refractivity contribution in [1.29, 1.82) is 0 Å². The van der Waals surface area contributed by atoms with Crippen molar-refractivity contribution >= 4 is 16.8 Å². The van der Waals surface area contributed by atoms with E-state index in [9.17, 15) is 26.7 Å². The highest BCUT2D eigenvalue weighted by Gasteiger charge is 2.40. The van der Waals surface area contributed by atoms with Crippen LogP contribution in [0.25, 0.3) is 16.6 Å². The summed E-state index contributed by atoms with van der Waals surface area (Å²) >= 11 is 0. The summed E-state index contributed by atoms with van der Waals surface area (Å²) in [5, 5.41) is 6.89. The number of benzene rings is 3. The Balaban J connectivity index is 1.67. The van der Waals surface area contributed by atoms with E-state index in [0.29, 0.717) is 33.5 Å². The maximum atomic E-state index is 13.7. The maximum Gasteiger partial charge on any atom is 0.471 e. The summed E-state index contributed by atoms with van der Waals surface area (Å²) in [6, 6.07) is 13.4. The minimum Gasteiger partial charge on any atom is -0.484 e. The molecule has 1 aromatic heterocycles. The van der Waals surface area contributed by atoms with E-state index >= 15 is 0 Å². The van der Waals surface area contributed by atoms with E-state index in [4.69, 9.17) is 4.74 Å². The van der Waals surface area contributed by atoms with E-state index in [1.807, 2.05) is 5.32 Å². The third-order valence-electron chi connectivity index (χ3n) is 5.48. The Hall–Kier alpha value is -3.95. The summed E-state index contributed by atoms with van der Waals surface area (Å²) < 4.78 is 73.1.